The van der Waals surface area contributed by atoms with Gasteiger partial charge in [0.15, 0.2) is 12.4 Å². The highest BCUT2D eigenvalue weighted by Gasteiger charge is 2.68. The molecule has 0 spiro atoms. The number of hydrogen-bond acceptors (Lipinski definition) is 7. The van der Waals surface area contributed by atoms with E-state index in [2.05, 4.69) is 0 Å². The first-order valence-electron chi connectivity index (χ1n) is 9.73. The largest absolute Gasteiger partial charge is 0.486 e. The van der Waals surface area contributed by atoms with Crippen molar-refractivity contribution in [2.24, 2.45) is 0 Å². The van der Waals surface area contributed by atoms with Gasteiger partial charge in [0.05, 0.1) is 17.2 Å². The predicted molar refractivity (Wildman–Crippen MR) is 108 cm³/mol. The number of rotatable bonds is 2. The quantitative estimate of drug-likeness (QED) is 0.275. The minimum Gasteiger partial charge on any atom is -0.486 e. The van der Waals surface area contributed by atoms with Gasteiger partial charge in [0.2, 0.25) is 6.10 Å². The third-order valence-electron chi connectivity index (χ3n) is 6.11. The lowest BCUT2D eigenvalue weighted by molar-refractivity contribution is -0.592. The molecule has 8 nitrogen and oxygen atoms in total. The van der Waals surface area contributed by atoms with Gasteiger partial charge in [0, 0.05) is 10.5 Å². The summed E-state index contributed by atoms with van der Waals surface area (Å²) in [7, 11) is 0. The molecular weight excluding hydrogens is 402 g/mol. The fraction of sp³-hybridized carbons (Fsp3) is 0.174. The van der Waals surface area contributed by atoms with Crippen molar-refractivity contribution in [3.8, 4) is 11.5 Å². The number of benzene rings is 2. The van der Waals surface area contributed by atoms with Crippen molar-refractivity contribution < 1.29 is 23.2 Å². The van der Waals surface area contributed by atoms with Gasteiger partial charge in [0.25, 0.3) is 0 Å². The summed E-state index contributed by atoms with van der Waals surface area (Å²) in [5, 5.41) is 13.2. The molecule has 2 aliphatic rings. The second-order valence-corrected chi connectivity index (χ2v) is 7.65. The highest BCUT2D eigenvalue weighted by molar-refractivity contribution is 5.85. The number of para-hydroxylation sites is 2. The van der Waals surface area contributed by atoms with Gasteiger partial charge in [-0.05, 0) is 30.3 Å². The molecule has 6 rings (SSSR count). The zero-order valence-electron chi connectivity index (χ0n) is 16.0. The minimum absolute atomic E-state index is 0.119. The molecule has 2 aromatic carbocycles. The van der Waals surface area contributed by atoms with E-state index in [-0.39, 0.29) is 23.7 Å². The lowest BCUT2D eigenvalue weighted by Crippen LogP contribution is -2.60. The number of hydrogen-bond donors (Lipinski definition) is 0. The van der Waals surface area contributed by atoms with Crippen molar-refractivity contribution in [2.45, 2.75) is 17.6 Å². The van der Waals surface area contributed by atoms with E-state index in [9.17, 15) is 14.9 Å². The smallest absolute Gasteiger partial charge is 0.344 e. The summed E-state index contributed by atoms with van der Waals surface area (Å²) in [5.74, 6) is 0.0933. The molecule has 0 bridgehead atoms. The summed E-state index contributed by atoms with van der Waals surface area (Å²) in [4.78, 5) is 25.4. The molecule has 0 saturated carbocycles. The maximum atomic E-state index is 13.2. The zero-order valence-corrected chi connectivity index (χ0v) is 16.0. The van der Waals surface area contributed by atoms with E-state index in [0.29, 0.717) is 22.3 Å². The number of nitrogens with zero attached hydrogens (tertiary/aromatic N) is 1. The van der Waals surface area contributed by atoms with Crippen molar-refractivity contribution >= 4 is 11.0 Å². The average Bonchev–Trinajstić information content (AvgIpc) is 3.32. The molecule has 31 heavy (non-hydrogen) atoms. The Morgan fingerprint density at radius 2 is 1.84 bits per heavy atom. The van der Waals surface area contributed by atoms with Crippen LogP contribution in [0, 0.1) is 10.1 Å². The van der Waals surface area contributed by atoms with Gasteiger partial charge in [-0.25, -0.2) is 4.79 Å². The van der Waals surface area contributed by atoms with Crippen molar-refractivity contribution in [2.75, 3.05) is 6.61 Å². The lowest BCUT2D eigenvalue weighted by Gasteiger charge is -2.44. The van der Waals surface area contributed by atoms with E-state index in [1.165, 1.54) is 6.26 Å². The SMILES string of the molecule is O=c1oc2ccccc2c2c1[C@@H]1c3ccccc3OC[C@]1([N+](=O)[O-])[C@H](c1ccco1)O2. The molecule has 3 atom stereocenters. The molecule has 0 saturated heterocycles. The van der Waals surface area contributed by atoms with Gasteiger partial charge in [0.1, 0.15) is 23.0 Å². The summed E-state index contributed by atoms with van der Waals surface area (Å²) in [5.41, 5.74) is -1.49. The average molecular weight is 417 g/mol. The Hall–Kier alpha value is -4.07. The zero-order chi connectivity index (χ0) is 21.2. The van der Waals surface area contributed by atoms with Crippen LogP contribution in [0.5, 0.6) is 11.5 Å². The number of furan rings is 1. The highest BCUT2D eigenvalue weighted by Crippen LogP contribution is 2.57. The van der Waals surface area contributed by atoms with Crippen molar-refractivity contribution in [1.29, 1.82) is 0 Å². The minimum atomic E-state index is -1.82. The van der Waals surface area contributed by atoms with Crippen LogP contribution in [-0.2, 0) is 0 Å². The molecular formula is C23H15NO7. The second kappa shape index (κ2) is 6.21. The summed E-state index contributed by atoms with van der Waals surface area (Å²) in [6.45, 7) is -0.293. The third kappa shape index (κ3) is 2.27. The van der Waals surface area contributed by atoms with Crippen molar-refractivity contribution in [3.63, 3.8) is 0 Å². The van der Waals surface area contributed by atoms with Gasteiger partial charge < -0.3 is 18.3 Å². The Morgan fingerprint density at radius 3 is 2.65 bits per heavy atom. The number of nitro groups is 1. The van der Waals surface area contributed by atoms with Crippen LogP contribution in [0.15, 0.2) is 80.6 Å². The number of fused-ring (bicyclic) bond motifs is 7. The molecule has 2 aliphatic heterocycles. The van der Waals surface area contributed by atoms with E-state index < -0.39 is 28.1 Å². The lowest BCUT2D eigenvalue weighted by atomic mass is 9.68. The Kier molecular flexibility index (Phi) is 3.56. The van der Waals surface area contributed by atoms with Gasteiger partial charge in [-0.15, -0.1) is 0 Å². The Labute approximate surface area is 174 Å². The molecule has 0 fully saturated rings. The molecule has 0 unspecified atom stereocenters. The fourth-order valence-corrected chi connectivity index (χ4v) is 4.76. The molecule has 2 aromatic heterocycles. The van der Waals surface area contributed by atoms with Crippen LogP contribution in [0.2, 0.25) is 0 Å². The first-order chi connectivity index (χ1) is 15.1. The second-order valence-electron chi connectivity index (χ2n) is 7.65. The van der Waals surface area contributed by atoms with Gasteiger partial charge >= 0.3 is 11.2 Å². The monoisotopic (exact) mass is 417 g/mol. The van der Waals surface area contributed by atoms with Crippen LogP contribution in [0.3, 0.4) is 0 Å². The van der Waals surface area contributed by atoms with Crippen LogP contribution >= 0.6 is 0 Å². The van der Waals surface area contributed by atoms with E-state index in [1.54, 1.807) is 60.7 Å². The van der Waals surface area contributed by atoms with Gasteiger partial charge in [-0.1, -0.05) is 30.3 Å². The summed E-state index contributed by atoms with van der Waals surface area (Å²) >= 11 is 0. The fourth-order valence-electron chi connectivity index (χ4n) is 4.76. The molecule has 8 heteroatoms. The molecule has 0 aliphatic carbocycles. The summed E-state index contributed by atoms with van der Waals surface area (Å²) < 4.78 is 23.2. The standard InChI is InChI=1S/C23H15NO7/c25-22-18-19-13-6-1-3-8-15(13)29-12-23(19,24(26)27)21(17-10-5-11-28-17)31-20(18)14-7-2-4-9-16(14)30-22/h1-11,19,21H,12H2/t19-,21-,23+/m0/s1. The predicted octanol–water partition coefficient (Wildman–Crippen LogP) is 4.06. The summed E-state index contributed by atoms with van der Waals surface area (Å²) in [6.07, 6.45) is 0.319. The van der Waals surface area contributed by atoms with Crippen molar-refractivity contribution in [3.05, 3.63) is 104 Å². The van der Waals surface area contributed by atoms with Gasteiger partial charge in [-0.3, -0.25) is 10.1 Å². The molecule has 0 N–H and O–H groups in total. The Morgan fingerprint density at radius 1 is 1.03 bits per heavy atom. The topological polar surface area (TPSA) is 105 Å². The molecule has 0 radical (unpaired) electrons. The highest BCUT2D eigenvalue weighted by atomic mass is 16.6. The Bertz CT molecular complexity index is 1390. The molecule has 0 amide bonds. The normalized spacial score (nSPS) is 23.7. The third-order valence-corrected chi connectivity index (χ3v) is 6.11. The maximum absolute atomic E-state index is 13.2. The van der Waals surface area contributed by atoms with Crippen LogP contribution in [-0.4, -0.2) is 17.1 Å². The first-order valence-corrected chi connectivity index (χ1v) is 9.73. The first kappa shape index (κ1) is 17.8. The molecule has 4 heterocycles. The van der Waals surface area contributed by atoms with E-state index in [1.807, 2.05) is 0 Å². The summed E-state index contributed by atoms with van der Waals surface area (Å²) in [6, 6.07) is 17.3. The van der Waals surface area contributed by atoms with Crippen LogP contribution in [0.1, 0.15) is 28.9 Å². The van der Waals surface area contributed by atoms with Crippen molar-refractivity contribution in [1.82, 2.24) is 0 Å². The molecule has 4 aromatic rings. The van der Waals surface area contributed by atoms with Crippen LogP contribution < -0.4 is 15.1 Å². The van der Waals surface area contributed by atoms with Gasteiger partial charge in [-0.2, -0.15) is 0 Å². The van der Waals surface area contributed by atoms with E-state index in [0.717, 1.165) is 0 Å². The Balaban J connectivity index is 1.76. The number of ether oxygens (including phenoxy) is 2. The molecule has 154 valence electrons. The van der Waals surface area contributed by atoms with Crippen LogP contribution in [0.4, 0.5) is 0 Å². The maximum Gasteiger partial charge on any atom is 0.344 e. The van der Waals surface area contributed by atoms with Crippen LogP contribution in [0.25, 0.3) is 11.0 Å². The van der Waals surface area contributed by atoms with E-state index in [4.69, 9.17) is 18.3 Å². The van der Waals surface area contributed by atoms with E-state index >= 15 is 0 Å².